The summed E-state index contributed by atoms with van der Waals surface area (Å²) in [5, 5.41) is 2.72. The van der Waals surface area contributed by atoms with Gasteiger partial charge in [0, 0.05) is 45.7 Å². The molecule has 4 atom stereocenters. The molecule has 0 saturated heterocycles. The van der Waals surface area contributed by atoms with Crippen LogP contribution in [-0.2, 0) is 5.41 Å². The van der Waals surface area contributed by atoms with Crippen molar-refractivity contribution in [3.8, 4) is 34.2 Å². The standard InChI is InChI=1S/C52H48N4/c1-52(2)45-33-40(51-54-49(37-19-9-4-10-20-37)53-50(55-51)38-21-11-5-12-22-38)29-32-44(45)47-46(34-39-23-15-16-26-43(39)48(47)52)56(41-24-13-6-14-25-41)42-30-27-36(28-31-42)35-17-7-3-8-18-35/h4-7,9-13,15-23,26-27,29-34,36,41,46-47H,3,8,14,24-25,28H2,1-2H3. The van der Waals surface area contributed by atoms with Crippen molar-refractivity contribution >= 4 is 11.6 Å². The van der Waals surface area contributed by atoms with Crippen LogP contribution in [0.15, 0.2) is 163 Å². The zero-order valence-corrected chi connectivity index (χ0v) is 32.4. The van der Waals surface area contributed by atoms with Crippen LogP contribution in [0.4, 0.5) is 0 Å². The molecule has 0 aliphatic heterocycles. The van der Waals surface area contributed by atoms with E-state index in [0.29, 0.717) is 29.4 Å². The molecule has 276 valence electrons. The molecule has 4 unspecified atom stereocenters. The second kappa shape index (κ2) is 14.3. The maximum absolute atomic E-state index is 5.13. The highest BCUT2D eigenvalue weighted by Gasteiger charge is 2.48. The molecule has 5 aliphatic carbocycles. The van der Waals surface area contributed by atoms with E-state index < -0.39 is 0 Å². The number of fused-ring (bicyclic) bond motifs is 4. The van der Waals surface area contributed by atoms with Crippen LogP contribution in [0.2, 0.25) is 0 Å². The highest BCUT2D eigenvalue weighted by atomic mass is 15.2. The Morgan fingerprint density at radius 2 is 1.36 bits per heavy atom. The van der Waals surface area contributed by atoms with Gasteiger partial charge in [0.05, 0.1) is 6.04 Å². The first-order chi connectivity index (χ1) is 27.5. The minimum Gasteiger partial charge on any atom is -0.361 e. The number of aromatic nitrogens is 3. The van der Waals surface area contributed by atoms with E-state index in [9.17, 15) is 0 Å². The number of nitrogens with zero attached hydrogens (tertiary/aromatic N) is 4. The van der Waals surface area contributed by atoms with Gasteiger partial charge in [0.15, 0.2) is 17.5 Å². The Kier molecular flexibility index (Phi) is 8.85. The van der Waals surface area contributed by atoms with E-state index in [1.54, 1.807) is 0 Å². The summed E-state index contributed by atoms with van der Waals surface area (Å²) in [6.07, 6.45) is 28.7. The van der Waals surface area contributed by atoms with Gasteiger partial charge in [-0.05, 0) is 83.4 Å². The average molecular weight is 729 g/mol. The molecule has 1 heterocycles. The highest BCUT2D eigenvalue weighted by Crippen LogP contribution is 2.55. The van der Waals surface area contributed by atoms with Gasteiger partial charge in [0.25, 0.3) is 0 Å². The molecule has 5 aromatic rings. The lowest BCUT2D eigenvalue weighted by Gasteiger charge is -2.45. The molecule has 0 radical (unpaired) electrons. The van der Waals surface area contributed by atoms with Crippen LogP contribution >= 0.6 is 0 Å². The first-order valence-corrected chi connectivity index (χ1v) is 20.5. The van der Waals surface area contributed by atoms with Crippen LogP contribution in [-0.4, -0.2) is 31.9 Å². The summed E-state index contributed by atoms with van der Waals surface area (Å²) in [6.45, 7) is 4.87. The second-order valence-electron chi connectivity index (χ2n) is 16.5. The Morgan fingerprint density at radius 3 is 2.02 bits per heavy atom. The molecular formula is C52H48N4. The lowest BCUT2D eigenvalue weighted by molar-refractivity contribution is 0.202. The monoisotopic (exact) mass is 728 g/mol. The summed E-state index contributed by atoms with van der Waals surface area (Å²) in [6, 6.07) is 37.3. The summed E-state index contributed by atoms with van der Waals surface area (Å²) in [4.78, 5) is 18.1. The van der Waals surface area contributed by atoms with Crippen LogP contribution in [0.1, 0.15) is 69.4 Å². The fourth-order valence-corrected chi connectivity index (χ4v) is 10.0. The Labute approximate surface area is 330 Å². The van der Waals surface area contributed by atoms with E-state index in [1.165, 1.54) is 38.4 Å². The van der Waals surface area contributed by atoms with E-state index >= 15 is 0 Å². The molecule has 4 nitrogen and oxygen atoms in total. The van der Waals surface area contributed by atoms with Crippen molar-refractivity contribution in [1.29, 1.82) is 0 Å². The van der Waals surface area contributed by atoms with Crippen LogP contribution in [0.3, 0.4) is 0 Å². The van der Waals surface area contributed by atoms with E-state index in [2.05, 4.69) is 140 Å². The van der Waals surface area contributed by atoms with Crippen LogP contribution in [0, 0.1) is 5.92 Å². The van der Waals surface area contributed by atoms with Gasteiger partial charge in [0.1, 0.15) is 0 Å². The quantitative estimate of drug-likeness (QED) is 0.157. The number of hydrogen-bond acceptors (Lipinski definition) is 4. The van der Waals surface area contributed by atoms with Crippen LogP contribution in [0.5, 0.6) is 0 Å². The third kappa shape index (κ3) is 6.12. The molecule has 0 fully saturated rings. The SMILES string of the molecule is CC1(C)C2=c3ccccc3=CC(N(C3=CCC(C4=CCCC=C4)C=C3)C3CC=CCC3)C2c2ccc(-c3nc(-c4ccccc4)nc(-c4ccccc4)n3)cc21. The van der Waals surface area contributed by atoms with Crippen molar-refractivity contribution in [3.63, 3.8) is 0 Å². The molecule has 1 aromatic heterocycles. The number of benzene rings is 4. The van der Waals surface area contributed by atoms with Gasteiger partial charge >= 0.3 is 0 Å². The van der Waals surface area contributed by atoms with Gasteiger partial charge in [0.2, 0.25) is 0 Å². The molecule has 56 heavy (non-hydrogen) atoms. The average Bonchev–Trinajstić information content (AvgIpc) is 3.51. The van der Waals surface area contributed by atoms with Crippen molar-refractivity contribution in [2.75, 3.05) is 0 Å². The van der Waals surface area contributed by atoms with E-state index in [-0.39, 0.29) is 17.4 Å². The Balaban J connectivity index is 1.11. The van der Waals surface area contributed by atoms with E-state index in [4.69, 9.17) is 15.0 Å². The lowest BCUT2D eigenvalue weighted by Crippen LogP contribution is -2.50. The van der Waals surface area contributed by atoms with Crippen molar-refractivity contribution in [2.45, 2.75) is 75.8 Å². The van der Waals surface area contributed by atoms with Crippen LogP contribution < -0.4 is 10.4 Å². The summed E-state index contributed by atoms with van der Waals surface area (Å²) >= 11 is 0. The van der Waals surface area contributed by atoms with Gasteiger partial charge in [-0.1, -0.05) is 160 Å². The van der Waals surface area contributed by atoms with E-state index in [1.807, 2.05) is 36.4 Å². The zero-order valence-electron chi connectivity index (χ0n) is 32.4. The van der Waals surface area contributed by atoms with Crippen molar-refractivity contribution in [2.24, 2.45) is 5.92 Å². The topological polar surface area (TPSA) is 41.9 Å². The predicted molar refractivity (Wildman–Crippen MR) is 230 cm³/mol. The molecule has 4 heteroatoms. The molecule has 4 aromatic carbocycles. The van der Waals surface area contributed by atoms with Crippen LogP contribution in [0.25, 0.3) is 45.8 Å². The molecule has 5 aliphatic rings. The van der Waals surface area contributed by atoms with Gasteiger partial charge in [-0.25, -0.2) is 15.0 Å². The smallest absolute Gasteiger partial charge is 0.164 e. The fraction of sp³-hybridized carbons (Fsp3) is 0.250. The molecule has 0 saturated carbocycles. The molecule has 0 N–H and O–H groups in total. The van der Waals surface area contributed by atoms with E-state index in [0.717, 1.165) is 55.2 Å². The number of rotatable bonds is 7. The van der Waals surface area contributed by atoms with Gasteiger partial charge in [-0.15, -0.1) is 0 Å². The van der Waals surface area contributed by atoms with Crippen molar-refractivity contribution in [1.82, 2.24) is 19.9 Å². The Hall–Kier alpha value is -5.87. The predicted octanol–water partition coefficient (Wildman–Crippen LogP) is 10.4. The zero-order chi connectivity index (χ0) is 37.6. The Bertz CT molecular complexity index is 2530. The second-order valence-corrected chi connectivity index (χ2v) is 16.5. The number of hydrogen-bond donors (Lipinski definition) is 0. The minimum absolute atomic E-state index is 0.176. The lowest BCUT2D eigenvalue weighted by atomic mass is 9.75. The molecule has 10 rings (SSSR count). The maximum atomic E-state index is 5.13. The summed E-state index contributed by atoms with van der Waals surface area (Å²) < 4.78 is 0. The largest absolute Gasteiger partial charge is 0.361 e. The summed E-state index contributed by atoms with van der Waals surface area (Å²) in [5.41, 5.74) is 9.90. The van der Waals surface area contributed by atoms with Crippen molar-refractivity contribution in [3.05, 3.63) is 185 Å². The Morgan fingerprint density at radius 1 is 0.643 bits per heavy atom. The highest BCUT2D eigenvalue weighted by molar-refractivity contribution is 5.81. The maximum Gasteiger partial charge on any atom is 0.164 e. The third-order valence-corrected chi connectivity index (χ3v) is 12.7. The summed E-state index contributed by atoms with van der Waals surface area (Å²) in [7, 11) is 0. The molecule has 0 bridgehead atoms. The third-order valence-electron chi connectivity index (χ3n) is 12.7. The van der Waals surface area contributed by atoms with Gasteiger partial charge in [-0.2, -0.15) is 0 Å². The normalized spacial score (nSPS) is 23.0. The number of allylic oxidation sites excluding steroid dienone is 8. The molecule has 0 amide bonds. The van der Waals surface area contributed by atoms with Crippen molar-refractivity contribution < 1.29 is 0 Å². The fourth-order valence-electron chi connectivity index (χ4n) is 10.0. The summed E-state index contributed by atoms with van der Waals surface area (Å²) in [5.74, 6) is 2.73. The first kappa shape index (κ1) is 34.6. The minimum atomic E-state index is -0.212. The first-order valence-electron chi connectivity index (χ1n) is 20.5. The molecule has 0 spiro atoms. The van der Waals surface area contributed by atoms with Gasteiger partial charge in [-0.3, -0.25) is 0 Å². The van der Waals surface area contributed by atoms with Gasteiger partial charge < -0.3 is 4.90 Å². The molecular weight excluding hydrogens is 681 g/mol.